The van der Waals surface area contributed by atoms with Gasteiger partial charge < -0.3 is 14.8 Å². The fourth-order valence-corrected chi connectivity index (χ4v) is 4.02. The van der Waals surface area contributed by atoms with Crippen LogP contribution in [0.25, 0.3) is 16.8 Å². The molecular weight excluding hydrogens is 420 g/mol. The topological polar surface area (TPSA) is 108 Å². The molecule has 2 N–H and O–H groups in total. The molecule has 1 amide bonds. The number of hydrogen-bond acceptors (Lipinski definition) is 6. The van der Waals surface area contributed by atoms with E-state index in [1.54, 1.807) is 48.7 Å². The summed E-state index contributed by atoms with van der Waals surface area (Å²) in [4.78, 5) is 39.7. The zero-order valence-corrected chi connectivity index (χ0v) is 17.9. The van der Waals surface area contributed by atoms with E-state index >= 15 is 0 Å². The van der Waals surface area contributed by atoms with Crippen molar-refractivity contribution in [2.24, 2.45) is 0 Å². The molecule has 1 unspecified atom stereocenters. The number of aryl methyl sites for hydroxylation is 1. The van der Waals surface area contributed by atoms with Gasteiger partial charge in [-0.15, -0.1) is 0 Å². The maximum atomic E-state index is 13.2. The first-order valence-corrected chi connectivity index (χ1v) is 10.3. The van der Waals surface area contributed by atoms with Crippen LogP contribution in [0.15, 0.2) is 72.4 Å². The second-order valence-corrected chi connectivity index (χ2v) is 7.74. The summed E-state index contributed by atoms with van der Waals surface area (Å²) in [7, 11) is 1.51. The minimum absolute atomic E-state index is 0.0661. The minimum atomic E-state index is -0.959. The highest BCUT2D eigenvalue weighted by atomic mass is 16.5. The van der Waals surface area contributed by atoms with E-state index in [-0.39, 0.29) is 17.3 Å². The molecule has 8 heteroatoms. The summed E-state index contributed by atoms with van der Waals surface area (Å²) in [6, 6.07) is 16.6. The van der Waals surface area contributed by atoms with E-state index in [0.29, 0.717) is 22.5 Å². The molecule has 0 saturated carbocycles. The molecule has 2 aromatic heterocycles. The van der Waals surface area contributed by atoms with Gasteiger partial charge in [-0.1, -0.05) is 24.3 Å². The second-order valence-electron chi connectivity index (χ2n) is 7.74. The molecule has 4 aromatic rings. The van der Waals surface area contributed by atoms with Crippen molar-refractivity contribution >= 4 is 34.4 Å². The van der Waals surface area contributed by atoms with E-state index in [1.165, 1.54) is 12.0 Å². The molecular formula is C25H20N4O4. The predicted molar refractivity (Wildman–Crippen MR) is 123 cm³/mol. The Morgan fingerprint density at radius 3 is 2.70 bits per heavy atom. The number of nitrogens with zero attached hydrogens (tertiary/aromatic N) is 3. The number of carbonyl (C=O) groups is 2. The molecule has 1 fully saturated rings. The number of rotatable bonds is 4. The van der Waals surface area contributed by atoms with E-state index in [4.69, 9.17) is 4.74 Å². The molecule has 1 saturated heterocycles. The van der Waals surface area contributed by atoms with Gasteiger partial charge in [-0.25, -0.2) is 4.98 Å². The lowest BCUT2D eigenvalue weighted by molar-refractivity contribution is -0.132. The number of aromatic nitrogens is 3. The Hall–Kier alpha value is -4.46. The zero-order chi connectivity index (χ0) is 23.1. The zero-order valence-electron chi connectivity index (χ0n) is 17.9. The number of pyridine rings is 1. The summed E-state index contributed by atoms with van der Waals surface area (Å²) >= 11 is 0. The van der Waals surface area contributed by atoms with Crippen LogP contribution >= 0.6 is 0 Å². The predicted octanol–water partition coefficient (Wildman–Crippen LogP) is 3.90. The number of ether oxygens (including phenoxy) is 1. The third-order valence-electron chi connectivity index (χ3n) is 5.61. The lowest BCUT2D eigenvalue weighted by Crippen LogP contribution is -2.30. The average molecular weight is 440 g/mol. The Balaban J connectivity index is 1.72. The van der Waals surface area contributed by atoms with Gasteiger partial charge in [0.2, 0.25) is 5.95 Å². The molecule has 1 aliphatic rings. The molecule has 5 rings (SSSR count). The van der Waals surface area contributed by atoms with Crippen LogP contribution in [-0.4, -0.2) is 38.9 Å². The van der Waals surface area contributed by atoms with Gasteiger partial charge in [0.15, 0.2) is 0 Å². The number of methoxy groups -OCH3 is 1. The lowest BCUT2D eigenvalue weighted by atomic mass is 9.98. The summed E-state index contributed by atoms with van der Waals surface area (Å²) < 4.78 is 5.24. The molecule has 0 bridgehead atoms. The number of carbonyl (C=O) groups excluding carboxylic acids is 2. The van der Waals surface area contributed by atoms with Crippen molar-refractivity contribution in [2.45, 2.75) is 13.0 Å². The number of amides is 1. The van der Waals surface area contributed by atoms with Gasteiger partial charge in [0.25, 0.3) is 5.78 Å². The fraction of sp³-hybridized carbons (Fsp3) is 0.120. The number of benzene rings is 2. The number of H-pyrrole nitrogens is 1. The monoisotopic (exact) mass is 440 g/mol. The Morgan fingerprint density at radius 2 is 1.94 bits per heavy atom. The normalized spacial score (nSPS) is 17.6. The molecule has 1 aliphatic heterocycles. The van der Waals surface area contributed by atoms with Gasteiger partial charge in [0.05, 0.1) is 29.4 Å². The number of Topliss-reactive ketones (excluding diaryl/α,β-unsaturated/α-hetero) is 1. The summed E-state index contributed by atoms with van der Waals surface area (Å²) in [6.07, 6.45) is 1.57. The third-order valence-corrected chi connectivity index (χ3v) is 5.61. The number of aliphatic hydroxyl groups excluding tert-OH is 1. The summed E-state index contributed by atoms with van der Waals surface area (Å²) in [5, 5.41) is 11.2. The van der Waals surface area contributed by atoms with Gasteiger partial charge in [-0.2, -0.15) is 0 Å². The number of aromatic amines is 1. The Morgan fingerprint density at radius 1 is 1.09 bits per heavy atom. The minimum Gasteiger partial charge on any atom is -0.507 e. The van der Waals surface area contributed by atoms with Crippen molar-refractivity contribution in [3.8, 4) is 5.75 Å². The number of anilines is 1. The van der Waals surface area contributed by atoms with Crippen molar-refractivity contribution in [3.05, 3.63) is 89.3 Å². The van der Waals surface area contributed by atoms with Gasteiger partial charge in [-0.05, 0) is 48.9 Å². The molecule has 0 aliphatic carbocycles. The van der Waals surface area contributed by atoms with Gasteiger partial charge in [0.1, 0.15) is 17.6 Å². The summed E-state index contributed by atoms with van der Waals surface area (Å²) in [5.41, 5.74) is 3.14. The highest BCUT2D eigenvalue weighted by Gasteiger charge is 2.48. The summed E-state index contributed by atoms with van der Waals surface area (Å²) in [5.74, 6) is -1.21. The first kappa shape index (κ1) is 20.4. The SMILES string of the molecule is COc1cccc(/C(O)=C2\C(=O)C(=O)N(c3nc4ccc(C)cc4[nH]3)C2c2ccccn2)c1. The number of ketones is 1. The lowest BCUT2D eigenvalue weighted by Gasteiger charge is -2.22. The third kappa shape index (κ3) is 3.41. The van der Waals surface area contributed by atoms with E-state index in [1.807, 2.05) is 25.1 Å². The van der Waals surface area contributed by atoms with Crippen LogP contribution in [0.1, 0.15) is 22.9 Å². The van der Waals surface area contributed by atoms with E-state index < -0.39 is 17.7 Å². The van der Waals surface area contributed by atoms with Crippen LogP contribution in [-0.2, 0) is 9.59 Å². The van der Waals surface area contributed by atoms with Gasteiger partial charge >= 0.3 is 5.91 Å². The number of aliphatic hydroxyl groups is 1. The fourth-order valence-electron chi connectivity index (χ4n) is 4.02. The van der Waals surface area contributed by atoms with Gasteiger partial charge in [0, 0.05) is 11.8 Å². The van der Waals surface area contributed by atoms with Crippen molar-refractivity contribution < 1.29 is 19.4 Å². The number of imidazole rings is 1. The molecule has 2 aromatic carbocycles. The number of fused-ring (bicyclic) bond motifs is 1. The van der Waals surface area contributed by atoms with Crippen LogP contribution in [0, 0.1) is 6.92 Å². The highest BCUT2D eigenvalue weighted by Crippen LogP contribution is 2.41. The average Bonchev–Trinajstić information content (AvgIpc) is 3.37. The summed E-state index contributed by atoms with van der Waals surface area (Å²) in [6.45, 7) is 1.95. The van der Waals surface area contributed by atoms with Crippen molar-refractivity contribution in [3.63, 3.8) is 0 Å². The largest absolute Gasteiger partial charge is 0.507 e. The van der Waals surface area contributed by atoms with Crippen LogP contribution in [0.3, 0.4) is 0 Å². The van der Waals surface area contributed by atoms with Crippen molar-refractivity contribution in [1.82, 2.24) is 15.0 Å². The van der Waals surface area contributed by atoms with Crippen LogP contribution < -0.4 is 9.64 Å². The van der Waals surface area contributed by atoms with E-state index in [9.17, 15) is 14.7 Å². The van der Waals surface area contributed by atoms with E-state index in [0.717, 1.165) is 11.1 Å². The van der Waals surface area contributed by atoms with Crippen molar-refractivity contribution in [1.29, 1.82) is 0 Å². The Labute approximate surface area is 189 Å². The smallest absolute Gasteiger partial charge is 0.302 e. The molecule has 33 heavy (non-hydrogen) atoms. The molecule has 8 nitrogen and oxygen atoms in total. The molecule has 0 spiro atoms. The number of nitrogens with one attached hydrogen (secondary N) is 1. The standard InChI is InChI=1S/C25H20N4O4/c1-14-9-10-17-19(12-14)28-25(27-17)29-21(18-8-3-4-11-26-18)20(23(31)24(29)32)22(30)15-6-5-7-16(13-15)33-2/h3-13,21,30H,1-2H3,(H,27,28)/b22-20+. The van der Waals surface area contributed by atoms with Crippen LogP contribution in [0.4, 0.5) is 5.95 Å². The van der Waals surface area contributed by atoms with Crippen molar-refractivity contribution in [2.75, 3.05) is 12.0 Å². The molecule has 1 atom stereocenters. The quantitative estimate of drug-likeness (QED) is 0.283. The molecule has 0 radical (unpaired) electrons. The maximum absolute atomic E-state index is 13.2. The Kier molecular flexibility index (Phi) is 4.90. The molecule has 3 heterocycles. The maximum Gasteiger partial charge on any atom is 0.302 e. The second kappa shape index (κ2) is 7.90. The van der Waals surface area contributed by atoms with Crippen LogP contribution in [0.2, 0.25) is 0 Å². The molecule has 164 valence electrons. The first-order valence-electron chi connectivity index (χ1n) is 10.3. The van der Waals surface area contributed by atoms with Gasteiger partial charge in [-0.3, -0.25) is 19.5 Å². The van der Waals surface area contributed by atoms with Crippen LogP contribution in [0.5, 0.6) is 5.75 Å². The Bertz CT molecular complexity index is 1420. The first-order chi connectivity index (χ1) is 16.0. The number of hydrogen-bond donors (Lipinski definition) is 2. The van der Waals surface area contributed by atoms with E-state index in [2.05, 4.69) is 15.0 Å². The highest BCUT2D eigenvalue weighted by molar-refractivity contribution is 6.51.